The van der Waals surface area contributed by atoms with Crippen molar-refractivity contribution in [1.29, 1.82) is 0 Å². The van der Waals surface area contributed by atoms with Crippen LogP contribution in [-0.2, 0) is 16.0 Å². The van der Waals surface area contributed by atoms with Crippen LogP contribution in [0.3, 0.4) is 0 Å². The molecule has 3 aliphatic carbocycles. The highest BCUT2D eigenvalue weighted by Gasteiger charge is 2.33. The molecule has 0 saturated heterocycles. The van der Waals surface area contributed by atoms with Crippen molar-refractivity contribution < 1.29 is 9.47 Å². The lowest BCUT2D eigenvalue weighted by atomic mass is 9.74. The zero-order valence-corrected chi connectivity index (χ0v) is 19.3. The third-order valence-electron chi connectivity index (χ3n) is 7.20. The summed E-state index contributed by atoms with van der Waals surface area (Å²) in [5, 5.41) is 7.84. The van der Waals surface area contributed by atoms with Gasteiger partial charge in [-0.3, -0.25) is 5.10 Å². The third kappa shape index (κ3) is 7.06. The van der Waals surface area contributed by atoms with Crippen LogP contribution in [0.25, 0.3) is 0 Å². The van der Waals surface area contributed by atoms with E-state index in [1.54, 1.807) is 0 Å². The molecule has 0 amide bonds. The zero-order chi connectivity index (χ0) is 20.8. The number of nitrogens with one attached hydrogen (secondary N) is 1. The fourth-order valence-electron chi connectivity index (χ4n) is 5.04. The van der Waals surface area contributed by atoms with E-state index in [2.05, 4.69) is 35.3 Å². The monoisotopic (exact) mass is 417 g/mol. The molecule has 3 saturated carbocycles. The highest BCUT2D eigenvalue weighted by Crippen LogP contribution is 2.41. The SMILES string of the molecule is CCCCN(C)Cc1cn[nH]c1C1CC(COCC2CC2)CC(COCC2CC2)C1. The summed E-state index contributed by atoms with van der Waals surface area (Å²) in [5.41, 5.74) is 2.76. The van der Waals surface area contributed by atoms with Gasteiger partial charge in [-0.05, 0) is 88.6 Å². The summed E-state index contributed by atoms with van der Waals surface area (Å²) in [6.45, 7) is 8.20. The van der Waals surface area contributed by atoms with Crippen molar-refractivity contribution in [2.24, 2.45) is 23.7 Å². The van der Waals surface area contributed by atoms with E-state index in [0.717, 1.165) is 51.4 Å². The van der Waals surface area contributed by atoms with Gasteiger partial charge in [0, 0.05) is 50.1 Å². The molecule has 1 heterocycles. The summed E-state index contributed by atoms with van der Waals surface area (Å²) in [6, 6.07) is 0. The van der Waals surface area contributed by atoms with Gasteiger partial charge < -0.3 is 14.4 Å². The van der Waals surface area contributed by atoms with Crippen molar-refractivity contribution in [2.45, 2.75) is 77.2 Å². The molecular formula is C25H43N3O2. The van der Waals surface area contributed by atoms with Gasteiger partial charge in [-0.2, -0.15) is 5.10 Å². The van der Waals surface area contributed by atoms with E-state index in [-0.39, 0.29) is 0 Å². The molecule has 0 radical (unpaired) electrons. The van der Waals surface area contributed by atoms with Crippen LogP contribution in [0.1, 0.15) is 81.9 Å². The minimum absolute atomic E-state index is 0.555. The highest BCUT2D eigenvalue weighted by atomic mass is 16.5. The van der Waals surface area contributed by atoms with Crippen LogP contribution < -0.4 is 0 Å². The van der Waals surface area contributed by atoms with Crippen molar-refractivity contribution >= 4 is 0 Å². The van der Waals surface area contributed by atoms with Gasteiger partial charge in [0.05, 0.1) is 6.20 Å². The number of rotatable bonds is 14. The largest absolute Gasteiger partial charge is 0.381 e. The Labute approximate surface area is 183 Å². The first kappa shape index (κ1) is 22.3. The normalized spacial score (nSPS) is 27.1. The summed E-state index contributed by atoms with van der Waals surface area (Å²) in [7, 11) is 2.23. The van der Waals surface area contributed by atoms with E-state index in [4.69, 9.17) is 9.47 Å². The lowest BCUT2D eigenvalue weighted by Gasteiger charge is -2.35. The lowest BCUT2D eigenvalue weighted by Crippen LogP contribution is -2.29. The Bertz CT molecular complexity index is 600. The van der Waals surface area contributed by atoms with Crippen molar-refractivity contribution in [3.8, 4) is 0 Å². The highest BCUT2D eigenvalue weighted by molar-refractivity contribution is 5.21. The van der Waals surface area contributed by atoms with E-state index >= 15 is 0 Å². The van der Waals surface area contributed by atoms with Crippen molar-refractivity contribution in [2.75, 3.05) is 40.0 Å². The standard InChI is InChI=1S/C25H43N3O2/c1-3-4-9-28(2)14-24-13-26-27-25(24)23-11-21(17-29-15-19-5-6-19)10-22(12-23)18-30-16-20-7-8-20/h13,19-23H,3-12,14-18H2,1-2H3,(H,26,27). The quantitative estimate of drug-likeness (QED) is 0.463. The molecule has 0 spiro atoms. The molecule has 3 fully saturated rings. The molecule has 5 nitrogen and oxygen atoms in total. The Kier molecular flexibility index (Phi) is 8.25. The second kappa shape index (κ2) is 11.1. The first-order chi connectivity index (χ1) is 14.7. The van der Waals surface area contributed by atoms with Gasteiger partial charge >= 0.3 is 0 Å². The fraction of sp³-hybridized carbons (Fsp3) is 0.880. The van der Waals surface area contributed by atoms with Gasteiger partial charge in [-0.15, -0.1) is 0 Å². The summed E-state index contributed by atoms with van der Waals surface area (Å²) in [5.74, 6) is 3.54. The van der Waals surface area contributed by atoms with Gasteiger partial charge in [0.25, 0.3) is 0 Å². The molecule has 0 bridgehead atoms. The molecule has 170 valence electrons. The molecule has 5 heteroatoms. The summed E-state index contributed by atoms with van der Waals surface area (Å²) >= 11 is 0. The van der Waals surface area contributed by atoms with Crippen molar-refractivity contribution in [1.82, 2.24) is 15.1 Å². The predicted molar refractivity (Wildman–Crippen MR) is 120 cm³/mol. The first-order valence-corrected chi connectivity index (χ1v) is 12.6. The minimum Gasteiger partial charge on any atom is -0.381 e. The van der Waals surface area contributed by atoms with E-state index in [1.807, 2.05) is 0 Å². The van der Waals surface area contributed by atoms with E-state index in [9.17, 15) is 0 Å². The average Bonchev–Trinajstić information content (AvgIpc) is 3.67. The topological polar surface area (TPSA) is 50.4 Å². The Morgan fingerprint density at radius 2 is 1.53 bits per heavy atom. The van der Waals surface area contributed by atoms with Gasteiger partial charge in [-0.25, -0.2) is 0 Å². The Balaban J connectivity index is 1.34. The Morgan fingerprint density at radius 1 is 0.933 bits per heavy atom. The maximum atomic E-state index is 6.13. The van der Waals surface area contributed by atoms with Crippen LogP contribution >= 0.6 is 0 Å². The van der Waals surface area contributed by atoms with E-state index in [0.29, 0.717) is 17.8 Å². The van der Waals surface area contributed by atoms with Crippen molar-refractivity contribution in [3.05, 3.63) is 17.5 Å². The number of ether oxygens (including phenoxy) is 2. The van der Waals surface area contributed by atoms with Crippen LogP contribution in [0.15, 0.2) is 6.20 Å². The number of unbranched alkanes of at least 4 members (excludes halogenated alkanes) is 1. The summed E-state index contributed by atoms with van der Waals surface area (Å²) in [6.07, 6.45) is 13.7. The molecule has 1 aromatic rings. The number of aromatic nitrogens is 2. The number of nitrogens with zero attached hydrogens (tertiary/aromatic N) is 2. The second-order valence-corrected chi connectivity index (χ2v) is 10.5. The first-order valence-electron chi connectivity index (χ1n) is 12.6. The molecule has 2 unspecified atom stereocenters. The van der Waals surface area contributed by atoms with Gasteiger partial charge in [0.1, 0.15) is 0 Å². The molecule has 30 heavy (non-hydrogen) atoms. The third-order valence-corrected chi connectivity index (χ3v) is 7.20. The molecule has 0 aromatic carbocycles. The molecule has 1 aromatic heterocycles. The maximum absolute atomic E-state index is 6.13. The number of hydrogen-bond acceptors (Lipinski definition) is 4. The average molecular weight is 418 g/mol. The molecule has 2 atom stereocenters. The summed E-state index contributed by atoms with van der Waals surface area (Å²) < 4.78 is 12.3. The van der Waals surface area contributed by atoms with Crippen molar-refractivity contribution in [3.63, 3.8) is 0 Å². The van der Waals surface area contributed by atoms with Crippen LogP contribution in [0, 0.1) is 23.7 Å². The smallest absolute Gasteiger partial charge is 0.0535 e. The fourth-order valence-corrected chi connectivity index (χ4v) is 5.04. The van der Waals surface area contributed by atoms with Gasteiger partial charge in [-0.1, -0.05) is 13.3 Å². The van der Waals surface area contributed by atoms with Gasteiger partial charge in [0.2, 0.25) is 0 Å². The predicted octanol–water partition coefficient (Wildman–Crippen LogP) is 4.99. The maximum Gasteiger partial charge on any atom is 0.0535 e. The summed E-state index contributed by atoms with van der Waals surface area (Å²) in [4.78, 5) is 2.44. The Morgan fingerprint density at radius 3 is 2.10 bits per heavy atom. The number of H-pyrrole nitrogens is 1. The van der Waals surface area contributed by atoms with E-state index < -0.39 is 0 Å². The molecule has 3 aliphatic rings. The van der Waals surface area contributed by atoms with E-state index in [1.165, 1.54) is 69.0 Å². The second-order valence-electron chi connectivity index (χ2n) is 10.5. The zero-order valence-electron chi connectivity index (χ0n) is 19.3. The molecule has 1 N–H and O–H groups in total. The van der Waals surface area contributed by atoms with Gasteiger partial charge in [0.15, 0.2) is 0 Å². The number of hydrogen-bond donors (Lipinski definition) is 1. The molecule has 0 aliphatic heterocycles. The van der Waals surface area contributed by atoms with Crippen LogP contribution in [0.5, 0.6) is 0 Å². The number of aromatic amines is 1. The molecular weight excluding hydrogens is 374 g/mol. The van der Waals surface area contributed by atoms with Crippen LogP contribution in [0.4, 0.5) is 0 Å². The van der Waals surface area contributed by atoms with Crippen LogP contribution in [-0.4, -0.2) is 55.1 Å². The Hall–Kier alpha value is -0.910. The molecule has 4 rings (SSSR count). The minimum atomic E-state index is 0.555. The lowest BCUT2D eigenvalue weighted by molar-refractivity contribution is 0.0305. The van der Waals surface area contributed by atoms with Crippen LogP contribution in [0.2, 0.25) is 0 Å².